The molecular weight excluding hydrogens is 540 g/mol. The van der Waals surface area contributed by atoms with E-state index in [9.17, 15) is 0 Å². The van der Waals surface area contributed by atoms with Crippen LogP contribution in [0, 0.1) is 0 Å². The Morgan fingerprint density at radius 2 is 0.682 bits per heavy atom. The van der Waals surface area contributed by atoms with E-state index in [1.54, 1.807) is 0 Å². The average Bonchev–Trinajstić information content (AvgIpc) is 3.08. The van der Waals surface area contributed by atoms with Crippen LogP contribution in [0.2, 0.25) is 0 Å². The first kappa shape index (κ1) is 33.3. The summed E-state index contributed by atoms with van der Waals surface area (Å²) in [5.74, 6) is 1.85. The summed E-state index contributed by atoms with van der Waals surface area (Å²) in [6, 6.07) is 37.5. The molecule has 0 aliphatic carbocycles. The molecule has 4 nitrogen and oxygen atoms in total. The Kier molecular flexibility index (Phi) is 16.0. The third-order valence-electron chi connectivity index (χ3n) is 7.96. The molecule has 4 heteroatoms. The van der Waals surface area contributed by atoms with Gasteiger partial charge in [0.2, 0.25) is 0 Å². The van der Waals surface area contributed by atoms with E-state index in [2.05, 4.69) is 83.4 Å². The van der Waals surface area contributed by atoms with Crippen LogP contribution in [0.5, 0.6) is 11.5 Å². The maximum Gasteiger partial charge on any atom is 0.119 e. The largest absolute Gasteiger partial charge is 0.489 e. The third-order valence-corrected chi connectivity index (χ3v) is 7.96. The van der Waals surface area contributed by atoms with Crippen LogP contribution in [-0.2, 0) is 26.3 Å². The fourth-order valence-electron chi connectivity index (χ4n) is 5.27. The van der Waals surface area contributed by atoms with Crippen molar-refractivity contribution in [2.45, 2.75) is 90.5 Å². The standard InChI is InChI=1S/C40H52N2O2/c1(3-5-7-15-29-41-31-35-21-25-39(26-22-35)43-33-37-17-11-9-12-18-37)2-4-6-8-16-30-42-32-36-23-27-40(28-24-36)44-34-38-19-13-10-14-20-38/h9-14,17-28,41-42H,1-8,15-16,29-34H2. The van der Waals surface area contributed by atoms with Gasteiger partial charge in [0.05, 0.1) is 0 Å². The number of ether oxygens (including phenoxy) is 2. The van der Waals surface area contributed by atoms with Crippen LogP contribution in [0.1, 0.15) is 86.5 Å². The summed E-state index contributed by atoms with van der Waals surface area (Å²) in [4.78, 5) is 0. The van der Waals surface area contributed by atoms with Gasteiger partial charge in [-0.25, -0.2) is 0 Å². The first-order valence-corrected chi connectivity index (χ1v) is 16.8. The molecule has 0 aliphatic heterocycles. The van der Waals surface area contributed by atoms with E-state index >= 15 is 0 Å². The summed E-state index contributed by atoms with van der Waals surface area (Å²) in [6.45, 7) is 5.25. The second-order valence-corrected chi connectivity index (χ2v) is 11.7. The highest BCUT2D eigenvalue weighted by Crippen LogP contribution is 2.16. The molecule has 4 rings (SSSR count). The van der Waals surface area contributed by atoms with E-state index in [1.807, 2.05) is 36.4 Å². The van der Waals surface area contributed by atoms with Gasteiger partial charge in [-0.15, -0.1) is 0 Å². The highest BCUT2D eigenvalue weighted by Gasteiger charge is 2.00. The lowest BCUT2D eigenvalue weighted by Crippen LogP contribution is -2.14. The predicted octanol–water partition coefficient (Wildman–Crippen LogP) is 9.62. The SMILES string of the molecule is c1ccc(COc2ccc(CNCCCCCCCCCCCCNCc3ccc(OCc4ccccc4)cc3)cc2)cc1. The summed E-state index contributed by atoms with van der Waals surface area (Å²) in [7, 11) is 0. The molecule has 0 radical (unpaired) electrons. The number of hydrogen-bond acceptors (Lipinski definition) is 4. The van der Waals surface area contributed by atoms with Crippen LogP contribution < -0.4 is 20.1 Å². The molecule has 0 spiro atoms. The van der Waals surface area contributed by atoms with E-state index < -0.39 is 0 Å². The monoisotopic (exact) mass is 592 g/mol. The molecule has 0 heterocycles. The smallest absolute Gasteiger partial charge is 0.119 e. The van der Waals surface area contributed by atoms with Gasteiger partial charge in [-0.2, -0.15) is 0 Å². The van der Waals surface area contributed by atoms with Crippen molar-refractivity contribution in [3.63, 3.8) is 0 Å². The van der Waals surface area contributed by atoms with Crippen LogP contribution in [0.15, 0.2) is 109 Å². The van der Waals surface area contributed by atoms with Gasteiger partial charge in [0.1, 0.15) is 24.7 Å². The zero-order valence-electron chi connectivity index (χ0n) is 26.5. The fourth-order valence-corrected chi connectivity index (χ4v) is 5.27. The topological polar surface area (TPSA) is 42.5 Å². The van der Waals surface area contributed by atoms with Crippen LogP contribution in [0.25, 0.3) is 0 Å². The molecule has 0 amide bonds. The fraction of sp³-hybridized carbons (Fsp3) is 0.400. The average molecular weight is 593 g/mol. The molecule has 44 heavy (non-hydrogen) atoms. The number of unbranched alkanes of at least 4 members (excludes halogenated alkanes) is 9. The molecule has 0 fully saturated rings. The molecule has 0 saturated heterocycles. The van der Waals surface area contributed by atoms with Gasteiger partial charge in [0, 0.05) is 13.1 Å². The zero-order valence-corrected chi connectivity index (χ0v) is 26.5. The number of benzene rings is 4. The number of hydrogen-bond donors (Lipinski definition) is 2. The highest BCUT2D eigenvalue weighted by molar-refractivity contribution is 5.28. The highest BCUT2D eigenvalue weighted by atomic mass is 16.5. The lowest BCUT2D eigenvalue weighted by molar-refractivity contribution is 0.306. The molecule has 234 valence electrons. The second-order valence-electron chi connectivity index (χ2n) is 11.7. The first-order valence-electron chi connectivity index (χ1n) is 16.8. The summed E-state index contributed by atoms with van der Waals surface area (Å²) in [5.41, 5.74) is 5.00. The van der Waals surface area contributed by atoms with Crippen molar-refractivity contribution in [3.8, 4) is 11.5 Å². The zero-order chi connectivity index (χ0) is 30.3. The van der Waals surface area contributed by atoms with Gasteiger partial charge in [0.25, 0.3) is 0 Å². The van der Waals surface area contributed by atoms with E-state index in [0.29, 0.717) is 13.2 Å². The Morgan fingerprint density at radius 3 is 1.05 bits per heavy atom. The Labute approximate surface area is 266 Å². The second kappa shape index (κ2) is 21.2. The van der Waals surface area contributed by atoms with Crippen LogP contribution in [0.4, 0.5) is 0 Å². The molecule has 4 aromatic rings. The van der Waals surface area contributed by atoms with E-state index in [-0.39, 0.29) is 0 Å². The van der Waals surface area contributed by atoms with Crippen molar-refractivity contribution in [1.29, 1.82) is 0 Å². The quantitative estimate of drug-likeness (QED) is 0.0842. The molecule has 0 aromatic heterocycles. The number of rotatable bonds is 23. The van der Waals surface area contributed by atoms with Crippen LogP contribution in [0.3, 0.4) is 0 Å². The maximum absolute atomic E-state index is 5.88. The van der Waals surface area contributed by atoms with Crippen molar-refractivity contribution in [3.05, 3.63) is 131 Å². The van der Waals surface area contributed by atoms with E-state index in [1.165, 1.54) is 86.5 Å². The summed E-state index contributed by atoms with van der Waals surface area (Å²) in [5, 5.41) is 7.18. The van der Waals surface area contributed by atoms with Gasteiger partial charge in [-0.3, -0.25) is 0 Å². The Bertz CT molecular complexity index is 1140. The Balaban J connectivity index is 0.883. The Morgan fingerprint density at radius 1 is 0.341 bits per heavy atom. The minimum absolute atomic E-state index is 0.612. The van der Waals surface area contributed by atoms with E-state index in [4.69, 9.17) is 9.47 Å². The van der Waals surface area contributed by atoms with Crippen molar-refractivity contribution in [1.82, 2.24) is 10.6 Å². The van der Waals surface area contributed by atoms with Gasteiger partial charge in [-0.05, 0) is 72.5 Å². The van der Waals surface area contributed by atoms with Crippen molar-refractivity contribution >= 4 is 0 Å². The van der Waals surface area contributed by atoms with Gasteiger partial charge < -0.3 is 20.1 Å². The van der Waals surface area contributed by atoms with Crippen LogP contribution in [-0.4, -0.2) is 13.1 Å². The van der Waals surface area contributed by atoms with Gasteiger partial charge in [-0.1, -0.05) is 136 Å². The summed E-state index contributed by atoms with van der Waals surface area (Å²) >= 11 is 0. The molecule has 0 aliphatic rings. The molecule has 2 N–H and O–H groups in total. The molecule has 0 atom stereocenters. The predicted molar refractivity (Wildman–Crippen MR) is 184 cm³/mol. The Hall–Kier alpha value is -3.60. The van der Waals surface area contributed by atoms with E-state index in [0.717, 1.165) is 37.7 Å². The molecule has 0 bridgehead atoms. The molecule has 0 saturated carbocycles. The lowest BCUT2D eigenvalue weighted by Gasteiger charge is -2.09. The molecule has 0 unspecified atom stereocenters. The number of nitrogens with one attached hydrogen (secondary N) is 2. The normalized spacial score (nSPS) is 11.0. The minimum Gasteiger partial charge on any atom is -0.489 e. The lowest BCUT2D eigenvalue weighted by atomic mass is 10.1. The summed E-state index contributed by atoms with van der Waals surface area (Å²) < 4.78 is 11.8. The van der Waals surface area contributed by atoms with Gasteiger partial charge >= 0.3 is 0 Å². The van der Waals surface area contributed by atoms with Crippen molar-refractivity contribution < 1.29 is 9.47 Å². The van der Waals surface area contributed by atoms with Crippen molar-refractivity contribution in [2.75, 3.05) is 13.1 Å². The van der Waals surface area contributed by atoms with Crippen LogP contribution >= 0.6 is 0 Å². The first-order chi connectivity index (χ1) is 21.8. The molecular formula is C40H52N2O2. The minimum atomic E-state index is 0.612. The molecule has 4 aromatic carbocycles. The van der Waals surface area contributed by atoms with Gasteiger partial charge in [0.15, 0.2) is 0 Å². The summed E-state index contributed by atoms with van der Waals surface area (Å²) in [6.07, 6.45) is 13.4. The third kappa shape index (κ3) is 14.2. The van der Waals surface area contributed by atoms with Crippen molar-refractivity contribution in [2.24, 2.45) is 0 Å². The maximum atomic E-state index is 5.88.